The molecule has 0 atom stereocenters. The average molecular weight is 219 g/mol. The van der Waals surface area contributed by atoms with E-state index >= 15 is 0 Å². The lowest BCUT2D eigenvalue weighted by Crippen LogP contribution is -1.97. The van der Waals surface area contributed by atoms with Crippen LogP contribution in [0.5, 0.6) is 5.75 Å². The fourth-order valence-corrected chi connectivity index (χ4v) is 2.19. The Labute approximate surface area is 93.2 Å². The van der Waals surface area contributed by atoms with Crippen LogP contribution in [0.1, 0.15) is 10.4 Å². The lowest BCUT2D eigenvalue weighted by Gasteiger charge is -2.05. The van der Waals surface area contributed by atoms with E-state index in [1.807, 2.05) is 12.1 Å². The van der Waals surface area contributed by atoms with E-state index in [0.29, 0.717) is 5.75 Å². The summed E-state index contributed by atoms with van der Waals surface area (Å²) in [6.07, 6.45) is 0. The first kappa shape index (κ1) is 10.1. The molecular formula is C12H13NOS. The fraction of sp³-hybridized carbons (Fsp3) is 0.167. The van der Waals surface area contributed by atoms with Gasteiger partial charge in [0.2, 0.25) is 0 Å². The van der Waals surface area contributed by atoms with Gasteiger partial charge in [-0.05, 0) is 48.2 Å². The van der Waals surface area contributed by atoms with Gasteiger partial charge in [0.15, 0.2) is 0 Å². The number of anilines is 1. The van der Waals surface area contributed by atoms with Crippen molar-refractivity contribution in [3.8, 4) is 5.75 Å². The first-order valence-electron chi connectivity index (χ1n) is 4.81. The third-order valence-electron chi connectivity index (χ3n) is 2.29. The van der Waals surface area contributed by atoms with Gasteiger partial charge in [0.1, 0.15) is 5.75 Å². The van der Waals surface area contributed by atoms with E-state index in [0.717, 1.165) is 12.2 Å². The second-order valence-corrected chi connectivity index (χ2v) is 4.43. The van der Waals surface area contributed by atoms with Gasteiger partial charge in [-0.15, -0.1) is 11.3 Å². The highest BCUT2D eigenvalue weighted by atomic mass is 32.1. The molecule has 15 heavy (non-hydrogen) atoms. The van der Waals surface area contributed by atoms with Crippen LogP contribution in [0.2, 0.25) is 0 Å². The summed E-state index contributed by atoms with van der Waals surface area (Å²) < 4.78 is 0. The zero-order valence-corrected chi connectivity index (χ0v) is 9.34. The van der Waals surface area contributed by atoms with Gasteiger partial charge >= 0.3 is 0 Å². The highest BCUT2D eigenvalue weighted by Crippen LogP contribution is 2.19. The Morgan fingerprint density at radius 3 is 2.53 bits per heavy atom. The van der Waals surface area contributed by atoms with Crippen LogP contribution in [-0.4, -0.2) is 5.11 Å². The van der Waals surface area contributed by atoms with Crippen molar-refractivity contribution in [2.45, 2.75) is 13.5 Å². The number of thiophene rings is 1. The topological polar surface area (TPSA) is 32.3 Å². The van der Waals surface area contributed by atoms with Crippen LogP contribution >= 0.6 is 11.3 Å². The Balaban J connectivity index is 1.99. The number of hydrogen-bond acceptors (Lipinski definition) is 3. The molecule has 0 unspecified atom stereocenters. The second-order valence-electron chi connectivity index (χ2n) is 3.43. The average Bonchev–Trinajstić information content (AvgIpc) is 2.63. The van der Waals surface area contributed by atoms with Crippen LogP contribution in [0.4, 0.5) is 5.69 Å². The summed E-state index contributed by atoms with van der Waals surface area (Å²) in [6, 6.07) is 9.24. The molecule has 3 heteroatoms. The van der Waals surface area contributed by atoms with Crippen LogP contribution < -0.4 is 5.32 Å². The van der Waals surface area contributed by atoms with Crippen LogP contribution in [0.25, 0.3) is 0 Å². The number of phenols is 1. The Hall–Kier alpha value is -1.48. The summed E-state index contributed by atoms with van der Waals surface area (Å²) in [5, 5.41) is 14.5. The molecule has 0 saturated carbocycles. The fourth-order valence-electron chi connectivity index (χ4n) is 1.35. The number of aromatic hydroxyl groups is 1. The lowest BCUT2D eigenvalue weighted by molar-refractivity contribution is 0.475. The van der Waals surface area contributed by atoms with Gasteiger partial charge in [0.25, 0.3) is 0 Å². The summed E-state index contributed by atoms with van der Waals surface area (Å²) in [5.74, 6) is 0.299. The molecule has 0 fully saturated rings. The van der Waals surface area contributed by atoms with Gasteiger partial charge in [0, 0.05) is 17.1 Å². The van der Waals surface area contributed by atoms with Gasteiger partial charge < -0.3 is 10.4 Å². The molecule has 0 spiro atoms. The van der Waals surface area contributed by atoms with E-state index in [4.69, 9.17) is 5.11 Å². The Kier molecular flexibility index (Phi) is 2.92. The molecule has 0 aliphatic carbocycles. The summed E-state index contributed by atoms with van der Waals surface area (Å²) >= 11 is 1.76. The molecule has 0 saturated heterocycles. The molecule has 0 radical (unpaired) electrons. The first-order valence-corrected chi connectivity index (χ1v) is 5.69. The molecule has 2 N–H and O–H groups in total. The Morgan fingerprint density at radius 1 is 1.20 bits per heavy atom. The molecule has 2 rings (SSSR count). The minimum atomic E-state index is 0.299. The van der Waals surface area contributed by atoms with Crippen molar-refractivity contribution in [2.75, 3.05) is 5.32 Å². The van der Waals surface area contributed by atoms with E-state index < -0.39 is 0 Å². The summed E-state index contributed by atoms with van der Waals surface area (Å²) in [4.78, 5) is 1.35. The van der Waals surface area contributed by atoms with Gasteiger partial charge in [-0.1, -0.05) is 0 Å². The predicted octanol–water partition coefficient (Wildman–Crippen LogP) is 3.37. The van der Waals surface area contributed by atoms with Crippen molar-refractivity contribution >= 4 is 17.0 Å². The second kappa shape index (κ2) is 4.36. The van der Waals surface area contributed by atoms with Crippen LogP contribution in [0.15, 0.2) is 35.7 Å². The molecule has 1 aromatic carbocycles. The number of aryl methyl sites for hydroxylation is 1. The molecular weight excluding hydrogens is 206 g/mol. The maximum absolute atomic E-state index is 9.13. The largest absolute Gasteiger partial charge is 0.508 e. The van der Waals surface area contributed by atoms with Gasteiger partial charge in [-0.25, -0.2) is 0 Å². The van der Waals surface area contributed by atoms with Crippen molar-refractivity contribution in [1.82, 2.24) is 0 Å². The molecule has 0 aliphatic heterocycles. The molecule has 1 heterocycles. The van der Waals surface area contributed by atoms with Gasteiger partial charge in [0.05, 0.1) is 0 Å². The normalized spacial score (nSPS) is 10.2. The maximum Gasteiger partial charge on any atom is 0.115 e. The van der Waals surface area contributed by atoms with E-state index in [9.17, 15) is 0 Å². The highest BCUT2D eigenvalue weighted by molar-refractivity contribution is 7.10. The zero-order valence-electron chi connectivity index (χ0n) is 8.53. The predicted molar refractivity (Wildman–Crippen MR) is 64.5 cm³/mol. The SMILES string of the molecule is Cc1ccsc1CNc1ccc(O)cc1. The summed E-state index contributed by atoms with van der Waals surface area (Å²) in [6.45, 7) is 2.96. The van der Waals surface area contributed by atoms with Crippen LogP contribution in [0.3, 0.4) is 0 Å². The molecule has 0 bridgehead atoms. The summed E-state index contributed by atoms with van der Waals surface area (Å²) in [7, 11) is 0. The highest BCUT2D eigenvalue weighted by Gasteiger charge is 1.99. The van der Waals surface area contributed by atoms with Crippen molar-refractivity contribution in [1.29, 1.82) is 0 Å². The number of hydrogen-bond donors (Lipinski definition) is 2. The molecule has 0 amide bonds. The minimum absolute atomic E-state index is 0.299. The molecule has 0 aliphatic rings. The minimum Gasteiger partial charge on any atom is -0.508 e. The van der Waals surface area contributed by atoms with E-state index in [2.05, 4.69) is 23.7 Å². The van der Waals surface area contributed by atoms with Crippen LogP contribution in [0, 0.1) is 6.92 Å². The smallest absolute Gasteiger partial charge is 0.115 e. The zero-order chi connectivity index (χ0) is 10.7. The van der Waals surface area contributed by atoms with E-state index in [1.54, 1.807) is 23.5 Å². The number of nitrogens with one attached hydrogen (secondary N) is 1. The third-order valence-corrected chi connectivity index (χ3v) is 3.31. The number of phenolic OH excluding ortho intramolecular Hbond substituents is 1. The molecule has 2 aromatic rings. The number of benzene rings is 1. The first-order chi connectivity index (χ1) is 7.25. The third kappa shape index (κ3) is 2.50. The van der Waals surface area contributed by atoms with Crippen molar-refractivity contribution in [2.24, 2.45) is 0 Å². The lowest BCUT2D eigenvalue weighted by atomic mass is 10.2. The van der Waals surface area contributed by atoms with E-state index in [-0.39, 0.29) is 0 Å². The van der Waals surface area contributed by atoms with Gasteiger partial charge in [-0.2, -0.15) is 0 Å². The quantitative estimate of drug-likeness (QED) is 0.776. The van der Waals surface area contributed by atoms with Crippen molar-refractivity contribution in [3.05, 3.63) is 46.2 Å². The monoisotopic (exact) mass is 219 g/mol. The molecule has 1 aromatic heterocycles. The standard InChI is InChI=1S/C12H13NOS/c1-9-6-7-15-12(9)8-13-10-2-4-11(14)5-3-10/h2-7,13-14H,8H2,1H3. The molecule has 2 nitrogen and oxygen atoms in total. The van der Waals surface area contributed by atoms with E-state index in [1.165, 1.54) is 10.4 Å². The number of rotatable bonds is 3. The van der Waals surface area contributed by atoms with Crippen molar-refractivity contribution < 1.29 is 5.11 Å². The maximum atomic E-state index is 9.13. The Bertz CT molecular complexity index is 433. The Morgan fingerprint density at radius 2 is 1.93 bits per heavy atom. The van der Waals surface area contributed by atoms with Crippen LogP contribution in [-0.2, 0) is 6.54 Å². The van der Waals surface area contributed by atoms with Crippen molar-refractivity contribution in [3.63, 3.8) is 0 Å². The van der Waals surface area contributed by atoms with Gasteiger partial charge in [-0.3, -0.25) is 0 Å². The summed E-state index contributed by atoms with van der Waals surface area (Å²) in [5.41, 5.74) is 2.35. The molecule has 78 valence electrons.